The van der Waals surface area contributed by atoms with E-state index < -0.39 is 5.78 Å². The number of allylic oxidation sites excluding steroid dienone is 3. The van der Waals surface area contributed by atoms with Crippen molar-refractivity contribution in [3.05, 3.63) is 23.6 Å². The van der Waals surface area contributed by atoms with Crippen molar-refractivity contribution >= 4 is 23.1 Å². The minimum absolute atomic E-state index is 0.00940. The van der Waals surface area contributed by atoms with Crippen LogP contribution in [0.25, 0.3) is 0 Å². The lowest BCUT2D eigenvalue weighted by atomic mass is 9.93. The molecule has 0 aromatic carbocycles. The van der Waals surface area contributed by atoms with Gasteiger partial charge in [0.25, 0.3) is 0 Å². The van der Waals surface area contributed by atoms with Gasteiger partial charge in [0.15, 0.2) is 17.3 Å². The number of hydrogen-bond donors (Lipinski definition) is 2. The van der Waals surface area contributed by atoms with Crippen molar-refractivity contribution in [2.45, 2.75) is 41.5 Å². The van der Waals surface area contributed by atoms with Gasteiger partial charge in [0.2, 0.25) is 0 Å². The Kier molecular flexibility index (Phi) is 8.15. The third-order valence-electron chi connectivity index (χ3n) is 2.97. The molecule has 0 saturated carbocycles. The fraction of sp³-hybridized carbons (Fsp3) is 0.529. The van der Waals surface area contributed by atoms with Crippen LogP contribution in [0.1, 0.15) is 41.5 Å². The highest BCUT2D eigenvalue weighted by Crippen LogP contribution is 2.16. The zero-order chi connectivity index (χ0) is 18.2. The second kappa shape index (κ2) is 9.02. The molecule has 0 unspecified atom stereocenters. The van der Waals surface area contributed by atoms with E-state index in [1.807, 2.05) is 13.8 Å². The Morgan fingerprint density at radius 1 is 1.09 bits per heavy atom. The number of aliphatic hydroxyl groups excluding tert-OH is 1. The first-order valence-electron chi connectivity index (χ1n) is 7.35. The van der Waals surface area contributed by atoms with E-state index in [2.05, 4.69) is 10.3 Å². The molecule has 2 N–H and O–H groups in total. The van der Waals surface area contributed by atoms with Gasteiger partial charge < -0.3 is 10.4 Å². The molecule has 6 heteroatoms. The van der Waals surface area contributed by atoms with Crippen LogP contribution >= 0.6 is 0 Å². The molecular weight excluding hydrogens is 296 g/mol. The van der Waals surface area contributed by atoms with E-state index in [9.17, 15) is 19.5 Å². The molecule has 23 heavy (non-hydrogen) atoms. The predicted molar refractivity (Wildman–Crippen MR) is 90.6 cm³/mol. The van der Waals surface area contributed by atoms with Gasteiger partial charge in [-0.3, -0.25) is 19.4 Å². The van der Waals surface area contributed by atoms with Gasteiger partial charge in [-0.1, -0.05) is 13.8 Å². The summed E-state index contributed by atoms with van der Waals surface area (Å²) < 4.78 is 0. The van der Waals surface area contributed by atoms with Crippen molar-refractivity contribution in [3.63, 3.8) is 0 Å². The number of rotatable bonds is 9. The normalized spacial score (nSPS) is 13.7. The number of nitrogens with one attached hydrogen (secondary N) is 1. The first-order chi connectivity index (χ1) is 10.5. The average molecular weight is 322 g/mol. The molecule has 0 rings (SSSR count). The summed E-state index contributed by atoms with van der Waals surface area (Å²) in [7, 11) is 0. The fourth-order valence-electron chi connectivity index (χ4n) is 1.82. The summed E-state index contributed by atoms with van der Waals surface area (Å²) in [6, 6.07) is 0. The number of ketones is 3. The van der Waals surface area contributed by atoms with E-state index in [0.717, 1.165) is 0 Å². The number of aliphatic imine (C=N–C) groups is 1. The van der Waals surface area contributed by atoms with Crippen LogP contribution in [-0.4, -0.2) is 41.3 Å². The lowest BCUT2D eigenvalue weighted by Gasteiger charge is -2.22. The number of carbonyl (C=O) groups is 3. The first-order valence-corrected chi connectivity index (χ1v) is 7.35. The summed E-state index contributed by atoms with van der Waals surface area (Å²) in [5.41, 5.74) is -0.366. The summed E-state index contributed by atoms with van der Waals surface area (Å²) >= 11 is 0. The van der Waals surface area contributed by atoms with Crippen molar-refractivity contribution in [1.29, 1.82) is 0 Å². The Morgan fingerprint density at radius 2 is 1.65 bits per heavy atom. The zero-order valence-electron chi connectivity index (χ0n) is 14.7. The van der Waals surface area contributed by atoms with Crippen LogP contribution in [0.15, 0.2) is 28.6 Å². The number of Topliss-reactive ketones (excluding diaryl/α,β-unsaturated/α-hetero) is 2. The maximum atomic E-state index is 11.8. The van der Waals surface area contributed by atoms with E-state index >= 15 is 0 Å². The van der Waals surface area contributed by atoms with E-state index in [-0.39, 0.29) is 40.6 Å². The van der Waals surface area contributed by atoms with Crippen LogP contribution in [0.4, 0.5) is 0 Å². The molecule has 0 aliphatic heterocycles. The van der Waals surface area contributed by atoms with Crippen LogP contribution in [0, 0.1) is 5.41 Å². The molecular formula is C17H26N2O4. The highest BCUT2D eigenvalue weighted by Gasteiger charge is 2.22. The second-order valence-electron chi connectivity index (χ2n) is 6.23. The molecule has 0 spiro atoms. The zero-order valence-corrected chi connectivity index (χ0v) is 14.7. The molecule has 0 aromatic heterocycles. The first kappa shape index (κ1) is 20.8. The molecule has 0 amide bonds. The Hall–Kier alpha value is -2.24. The quantitative estimate of drug-likeness (QED) is 0.385. The number of aliphatic hydroxyl groups is 1. The second-order valence-corrected chi connectivity index (χ2v) is 6.23. The molecule has 0 saturated heterocycles. The van der Waals surface area contributed by atoms with Crippen molar-refractivity contribution in [1.82, 2.24) is 5.32 Å². The summed E-state index contributed by atoms with van der Waals surface area (Å²) in [5, 5.41) is 12.6. The predicted octanol–water partition coefficient (Wildman–Crippen LogP) is 2.16. The summed E-state index contributed by atoms with van der Waals surface area (Å²) in [6.07, 6.45) is 2.99. The molecule has 0 aromatic rings. The molecule has 128 valence electrons. The van der Waals surface area contributed by atoms with Crippen LogP contribution < -0.4 is 5.32 Å². The monoisotopic (exact) mass is 322 g/mol. The third kappa shape index (κ3) is 8.09. The SMILES string of the molecule is CC(=O)C=CNCC(C)(C)CN=C(C(C)=O)C(C(C)=O)=C(C)O. The van der Waals surface area contributed by atoms with Crippen LogP contribution in [0.5, 0.6) is 0 Å². The fourth-order valence-corrected chi connectivity index (χ4v) is 1.82. The number of carbonyl (C=O) groups excluding carboxylic acids is 3. The molecule has 0 bridgehead atoms. The molecule has 0 aliphatic rings. The molecule has 0 radical (unpaired) electrons. The molecule has 0 atom stereocenters. The van der Waals surface area contributed by atoms with Gasteiger partial charge in [-0.2, -0.15) is 0 Å². The third-order valence-corrected chi connectivity index (χ3v) is 2.97. The van der Waals surface area contributed by atoms with E-state index in [1.54, 1.807) is 6.20 Å². The number of nitrogens with zero attached hydrogens (tertiary/aromatic N) is 1. The van der Waals surface area contributed by atoms with Crippen molar-refractivity contribution in [2.24, 2.45) is 10.4 Å². The maximum absolute atomic E-state index is 11.8. The standard InChI is InChI=1S/C17H26N2O4/c1-11(20)7-8-18-9-17(5,6)10-19-16(14(4)23)15(12(2)21)13(3)22/h7-8,18,21H,9-10H2,1-6H3. The van der Waals surface area contributed by atoms with Crippen LogP contribution in [-0.2, 0) is 14.4 Å². The largest absolute Gasteiger partial charge is 0.512 e. The van der Waals surface area contributed by atoms with Crippen molar-refractivity contribution < 1.29 is 19.5 Å². The minimum Gasteiger partial charge on any atom is -0.512 e. The van der Waals surface area contributed by atoms with Gasteiger partial charge in [0.1, 0.15) is 11.5 Å². The Bertz CT molecular complexity index is 565. The van der Waals surface area contributed by atoms with Gasteiger partial charge in [0, 0.05) is 25.4 Å². The summed E-state index contributed by atoms with van der Waals surface area (Å²) in [5.74, 6) is -1.04. The van der Waals surface area contributed by atoms with Crippen molar-refractivity contribution in [3.8, 4) is 0 Å². The van der Waals surface area contributed by atoms with Gasteiger partial charge in [-0.25, -0.2) is 0 Å². The molecule has 0 heterocycles. The van der Waals surface area contributed by atoms with Crippen LogP contribution in [0.2, 0.25) is 0 Å². The van der Waals surface area contributed by atoms with E-state index in [4.69, 9.17) is 0 Å². The van der Waals surface area contributed by atoms with Gasteiger partial charge in [-0.15, -0.1) is 0 Å². The lowest BCUT2D eigenvalue weighted by Crippen LogP contribution is -2.30. The van der Waals surface area contributed by atoms with E-state index in [1.165, 1.54) is 33.8 Å². The summed E-state index contributed by atoms with van der Waals surface area (Å²) in [4.78, 5) is 38.4. The maximum Gasteiger partial charge on any atom is 0.178 e. The Morgan fingerprint density at radius 3 is 2.04 bits per heavy atom. The Labute approximate surface area is 137 Å². The van der Waals surface area contributed by atoms with Gasteiger partial charge in [0.05, 0.1) is 5.57 Å². The summed E-state index contributed by atoms with van der Waals surface area (Å²) in [6.45, 7) is 10.1. The number of hydrogen-bond acceptors (Lipinski definition) is 6. The van der Waals surface area contributed by atoms with E-state index in [0.29, 0.717) is 6.54 Å². The highest BCUT2D eigenvalue weighted by molar-refractivity contribution is 6.51. The lowest BCUT2D eigenvalue weighted by molar-refractivity contribution is -0.114. The molecule has 0 aliphatic carbocycles. The van der Waals surface area contributed by atoms with Gasteiger partial charge >= 0.3 is 0 Å². The smallest absolute Gasteiger partial charge is 0.178 e. The minimum atomic E-state index is -0.403. The van der Waals surface area contributed by atoms with Crippen LogP contribution in [0.3, 0.4) is 0 Å². The molecule has 6 nitrogen and oxygen atoms in total. The Balaban J connectivity index is 5.17. The van der Waals surface area contributed by atoms with Gasteiger partial charge in [-0.05, 0) is 33.0 Å². The highest BCUT2D eigenvalue weighted by atomic mass is 16.3. The molecule has 0 fully saturated rings. The van der Waals surface area contributed by atoms with Crippen molar-refractivity contribution in [2.75, 3.05) is 13.1 Å². The topological polar surface area (TPSA) is 95.8 Å². The average Bonchev–Trinajstić information content (AvgIpc) is 2.37.